The second kappa shape index (κ2) is 5.47. The zero-order valence-corrected chi connectivity index (χ0v) is 11.1. The zero-order valence-electron chi connectivity index (χ0n) is 11.1. The fourth-order valence-corrected chi connectivity index (χ4v) is 2.92. The number of nitrogens with one attached hydrogen (secondary N) is 1. The SMILES string of the molecule is Oc1ccc([C@@H](CC2CC2)N2CCNCC2)c(F)c1. The van der Waals surface area contributed by atoms with Crippen molar-refractivity contribution in [1.82, 2.24) is 10.2 Å². The molecule has 2 N–H and O–H groups in total. The summed E-state index contributed by atoms with van der Waals surface area (Å²) in [5, 5.41) is 12.7. The number of halogens is 1. The van der Waals surface area contributed by atoms with Crippen molar-refractivity contribution in [1.29, 1.82) is 0 Å². The van der Waals surface area contributed by atoms with Gasteiger partial charge in [0.15, 0.2) is 0 Å². The summed E-state index contributed by atoms with van der Waals surface area (Å²) in [6.45, 7) is 3.89. The van der Waals surface area contributed by atoms with Gasteiger partial charge in [-0.3, -0.25) is 4.90 Å². The van der Waals surface area contributed by atoms with Crippen LogP contribution < -0.4 is 5.32 Å². The normalized spacial score (nSPS) is 22.4. The summed E-state index contributed by atoms with van der Waals surface area (Å²) in [6.07, 6.45) is 3.60. The molecule has 0 aromatic heterocycles. The maximum Gasteiger partial charge on any atom is 0.131 e. The predicted molar refractivity (Wildman–Crippen MR) is 72.6 cm³/mol. The van der Waals surface area contributed by atoms with E-state index in [1.807, 2.05) is 0 Å². The van der Waals surface area contributed by atoms with Gasteiger partial charge in [0.25, 0.3) is 0 Å². The van der Waals surface area contributed by atoms with Gasteiger partial charge in [0, 0.05) is 43.9 Å². The molecule has 1 aliphatic carbocycles. The number of nitrogens with zero attached hydrogens (tertiary/aromatic N) is 1. The van der Waals surface area contributed by atoms with Crippen LogP contribution in [0.4, 0.5) is 4.39 Å². The van der Waals surface area contributed by atoms with Crippen molar-refractivity contribution in [2.24, 2.45) is 5.92 Å². The Morgan fingerprint density at radius 2 is 2.05 bits per heavy atom. The molecule has 1 aromatic rings. The van der Waals surface area contributed by atoms with Crippen LogP contribution in [0.1, 0.15) is 30.9 Å². The predicted octanol–water partition coefficient (Wildman–Crippen LogP) is 2.28. The number of hydrogen-bond acceptors (Lipinski definition) is 3. The number of hydrogen-bond donors (Lipinski definition) is 2. The minimum Gasteiger partial charge on any atom is -0.508 e. The van der Waals surface area contributed by atoms with Gasteiger partial charge in [-0.15, -0.1) is 0 Å². The van der Waals surface area contributed by atoms with E-state index in [9.17, 15) is 9.50 Å². The quantitative estimate of drug-likeness (QED) is 0.875. The molecule has 104 valence electrons. The van der Waals surface area contributed by atoms with E-state index in [4.69, 9.17) is 0 Å². The average molecular weight is 264 g/mol. The molecule has 2 aliphatic rings. The van der Waals surface area contributed by atoms with Crippen LogP contribution in [-0.2, 0) is 0 Å². The van der Waals surface area contributed by atoms with Crippen molar-refractivity contribution in [3.63, 3.8) is 0 Å². The molecular weight excluding hydrogens is 243 g/mol. The summed E-state index contributed by atoms with van der Waals surface area (Å²) in [4.78, 5) is 2.38. The summed E-state index contributed by atoms with van der Waals surface area (Å²) in [5.41, 5.74) is 0.742. The van der Waals surface area contributed by atoms with E-state index in [-0.39, 0.29) is 17.6 Å². The summed E-state index contributed by atoms with van der Waals surface area (Å²) in [7, 11) is 0. The Hall–Kier alpha value is -1.13. The molecule has 0 spiro atoms. The second-order valence-corrected chi connectivity index (χ2v) is 5.69. The lowest BCUT2D eigenvalue weighted by Gasteiger charge is -2.35. The lowest BCUT2D eigenvalue weighted by molar-refractivity contribution is 0.157. The number of benzene rings is 1. The molecular formula is C15H21FN2O. The molecule has 4 heteroatoms. The number of aromatic hydroxyl groups is 1. The molecule has 1 heterocycles. The first-order chi connectivity index (χ1) is 9.24. The van der Waals surface area contributed by atoms with Crippen LogP contribution in [0.15, 0.2) is 18.2 Å². The molecule has 0 bridgehead atoms. The molecule has 3 rings (SSSR count). The Labute approximate surface area is 113 Å². The molecule has 1 saturated heterocycles. The number of phenols is 1. The average Bonchev–Trinajstić information content (AvgIpc) is 3.22. The van der Waals surface area contributed by atoms with Crippen molar-refractivity contribution < 1.29 is 9.50 Å². The lowest BCUT2D eigenvalue weighted by Crippen LogP contribution is -2.45. The molecule has 19 heavy (non-hydrogen) atoms. The maximum atomic E-state index is 14.1. The highest BCUT2D eigenvalue weighted by Gasteiger charge is 2.31. The Morgan fingerprint density at radius 1 is 1.32 bits per heavy atom. The highest BCUT2D eigenvalue weighted by atomic mass is 19.1. The Bertz CT molecular complexity index is 442. The van der Waals surface area contributed by atoms with Gasteiger partial charge in [-0.25, -0.2) is 4.39 Å². The summed E-state index contributed by atoms with van der Waals surface area (Å²) < 4.78 is 14.1. The largest absolute Gasteiger partial charge is 0.508 e. The minimum atomic E-state index is -0.274. The van der Waals surface area contributed by atoms with Gasteiger partial charge >= 0.3 is 0 Å². The van der Waals surface area contributed by atoms with Crippen LogP contribution in [-0.4, -0.2) is 36.2 Å². The molecule has 3 nitrogen and oxygen atoms in total. The van der Waals surface area contributed by atoms with E-state index in [2.05, 4.69) is 10.2 Å². The van der Waals surface area contributed by atoms with Gasteiger partial charge in [-0.2, -0.15) is 0 Å². The molecule has 0 radical (unpaired) electrons. The standard InChI is InChI=1S/C15H21FN2O/c16-14-10-12(19)3-4-13(14)15(9-11-1-2-11)18-7-5-17-6-8-18/h3-4,10-11,15,17,19H,1-2,5-9H2/t15-/m1/s1. The van der Waals surface area contributed by atoms with Crippen molar-refractivity contribution in [2.45, 2.75) is 25.3 Å². The first-order valence-corrected chi connectivity index (χ1v) is 7.17. The highest BCUT2D eigenvalue weighted by Crippen LogP contribution is 2.41. The first kappa shape index (κ1) is 12.9. The molecule has 0 amide bonds. The maximum absolute atomic E-state index is 14.1. The van der Waals surface area contributed by atoms with Crippen molar-refractivity contribution in [2.75, 3.05) is 26.2 Å². The van der Waals surface area contributed by atoms with E-state index >= 15 is 0 Å². The van der Waals surface area contributed by atoms with Crippen LogP contribution in [0.2, 0.25) is 0 Å². The van der Waals surface area contributed by atoms with E-state index in [0.717, 1.165) is 44.1 Å². The molecule has 1 aliphatic heterocycles. The third-order valence-corrected chi connectivity index (χ3v) is 4.19. The fraction of sp³-hybridized carbons (Fsp3) is 0.600. The number of phenolic OH excluding ortho intramolecular Hbond substituents is 1. The Morgan fingerprint density at radius 3 is 2.68 bits per heavy atom. The van der Waals surface area contributed by atoms with Crippen LogP contribution in [0.25, 0.3) is 0 Å². The van der Waals surface area contributed by atoms with Gasteiger partial charge in [0.1, 0.15) is 11.6 Å². The minimum absolute atomic E-state index is 0.00623. The van der Waals surface area contributed by atoms with Crippen LogP contribution in [0.3, 0.4) is 0 Å². The first-order valence-electron chi connectivity index (χ1n) is 7.17. The van der Waals surface area contributed by atoms with E-state index in [1.54, 1.807) is 12.1 Å². The fourth-order valence-electron chi connectivity index (χ4n) is 2.92. The second-order valence-electron chi connectivity index (χ2n) is 5.69. The van der Waals surface area contributed by atoms with E-state index < -0.39 is 0 Å². The molecule has 1 aromatic carbocycles. The van der Waals surface area contributed by atoms with Gasteiger partial charge < -0.3 is 10.4 Å². The number of rotatable bonds is 4. The zero-order chi connectivity index (χ0) is 13.2. The van der Waals surface area contributed by atoms with Crippen LogP contribution in [0, 0.1) is 11.7 Å². The summed E-state index contributed by atoms with van der Waals surface area (Å²) in [5.74, 6) is 0.490. The van der Waals surface area contributed by atoms with E-state index in [0.29, 0.717) is 0 Å². The van der Waals surface area contributed by atoms with Gasteiger partial charge in [0.05, 0.1) is 0 Å². The third kappa shape index (κ3) is 3.07. The van der Waals surface area contributed by atoms with Crippen LogP contribution >= 0.6 is 0 Å². The van der Waals surface area contributed by atoms with Gasteiger partial charge in [0.2, 0.25) is 0 Å². The molecule has 0 unspecified atom stereocenters. The number of piperazine rings is 1. The topological polar surface area (TPSA) is 35.5 Å². The van der Waals surface area contributed by atoms with Crippen molar-refractivity contribution in [3.05, 3.63) is 29.6 Å². The van der Waals surface area contributed by atoms with Crippen molar-refractivity contribution >= 4 is 0 Å². The smallest absolute Gasteiger partial charge is 0.131 e. The summed E-state index contributed by atoms with van der Waals surface area (Å²) >= 11 is 0. The van der Waals surface area contributed by atoms with E-state index in [1.165, 1.54) is 18.9 Å². The monoisotopic (exact) mass is 264 g/mol. The van der Waals surface area contributed by atoms with Gasteiger partial charge in [-0.05, 0) is 18.4 Å². The summed E-state index contributed by atoms with van der Waals surface area (Å²) in [6, 6.07) is 4.74. The molecule has 1 atom stereocenters. The Kier molecular flexibility index (Phi) is 3.71. The third-order valence-electron chi connectivity index (χ3n) is 4.19. The molecule has 1 saturated carbocycles. The highest BCUT2D eigenvalue weighted by molar-refractivity contribution is 5.30. The van der Waals surface area contributed by atoms with Gasteiger partial charge in [-0.1, -0.05) is 18.9 Å². The Balaban J connectivity index is 1.83. The van der Waals surface area contributed by atoms with Crippen LogP contribution in [0.5, 0.6) is 5.75 Å². The molecule has 2 fully saturated rings. The lowest BCUT2D eigenvalue weighted by atomic mass is 9.98. The van der Waals surface area contributed by atoms with Crippen molar-refractivity contribution in [3.8, 4) is 5.75 Å².